The summed E-state index contributed by atoms with van der Waals surface area (Å²) in [5.74, 6) is 0.531. The molecule has 3 N–H and O–H groups in total. The lowest BCUT2D eigenvalue weighted by molar-refractivity contribution is -0.380. The van der Waals surface area contributed by atoms with Crippen molar-refractivity contribution in [2.24, 2.45) is 5.92 Å². The van der Waals surface area contributed by atoms with Gasteiger partial charge in [-0.1, -0.05) is 30.3 Å². The summed E-state index contributed by atoms with van der Waals surface area (Å²) in [7, 11) is 0. The summed E-state index contributed by atoms with van der Waals surface area (Å²) < 4.78 is 5.33. The second kappa shape index (κ2) is 6.40. The standard InChI is InChI=1S/C14H20N2O2/c15-9-13-7-4-8-16(10-13)14(17)18-11-12-5-2-1-3-6-12/h1-3,5-6,13H,4,7-11,15H2/p+1/t13-/m0/s1. The summed E-state index contributed by atoms with van der Waals surface area (Å²) in [6.07, 6.45) is 2.03. The van der Waals surface area contributed by atoms with Gasteiger partial charge in [0.05, 0.1) is 6.54 Å². The number of carbonyl (C=O) groups excluding carboxylic acids is 1. The molecule has 1 heterocycles. The van der Waals surface area contributed by atoms with Gasteiger partial charge in [0.25, 0.3) is 0 Å². The van der Waals surface area contributed by atoms with Crippen molar-refractivity contribution in [2.75, 3.05) is 19.6 Å². The summed E-state index contributed by atoms with van der Waals surface area (Å²) in [5.41, 5.74) is 4.94. The summed E-state index contributed by atoms with van der Waals surface area (Å²) >= 11 is 0. The number of amides is 1. The molecule has 0 saturated carbocycles. The maximum absolute atomic E-state index is 11.9. The van der Waals surface area contributed by atoms with E-state index in [2.05, 4.69) is 5.73 Å². The van der Waals surface area contributed by atoms with Crippen LogP contribution in [0, 0.1) is 5.92 Å². The molecule has 18 heavy (non-hydrogen) atoms. The molecule has 1 aromatic rings. The molecule has 1 saturated heterocycles. The number of rotatable bonds is 3. The Kier molecular flexibility index (Phi) is 4.59. The summed E-state index contributed by atoms with van der Waals surface area (Å²) in [6, 6.07) is 9.77. The van der Waals surface area contributed by atoms with Gasteiger partial charge < -0.3 is 15.4 Å². The highest BCUT2D eigenvalue weighted by atomic mass is 16.6. The molecule has 4 nitrogen and oxygen atoms in total. The van der Waals surface area contributed by atoms with Crippen LogP contribution in [-0.4, -0.2) is 30.6 Å². The summed E-state index contributed by atoms with van der Waals surface area (Å²) in [5, 5.41) is 0. The minimum absolute atomic E-state index is 0.197. The quantitative estimate of drug-likeness (QED) is 0.877. The second-order valence-corrected chi connectivity index (χ2v) is 4.78. The predicted octanol–water partition coefficient (Wildman–Crippen LogP) is 1.28. The van der Waals surface area contributed by atoms with Crippen LogP contribution in [-0.2, 0) is 11.3 Å². The van der Waals surface area contributed by atoms with Gasteiger partial charge in [-0.05, 0) is 18.4 Å². The number of quaternary nitrogens is 1. The monoisotopic (exact) mass is 249 g/mol. The molecule has 0 aliphatic carbocycles. The summed E-state index contributed by atoms with van der Waals surface area (Å²) in [4.78, 5) is 13.7. The number of carbonyl (C=O) groups is 1. The van der Waals surface area contributed by atoms with Gasteiger partial charge in [-0.25, -0.2) is 4.79 Å². The van der Waals surface area contributed by atoms with Crippen LogP contribution in [0.1, 0.15) is 18.4 Å². The van der Waals surface area contributed by atoms with E-state index in [1.807, 2.05) is 35.2 Å². The lowest BCUT2D eigenvalue weighted by Crippen LogP contribution is -2.57. The van der Waals surface area contributed by atoms with E-state index in [1.54, 1.807) is 0 Å². The highest BCUT2D eigenvalue weighted by Crippen LogP contribution is 2.16. The maximum Gasteiger partial charge on any atom is 0.410 e. The lowest BCUT2D eigenvalue weighted by atomic mass is 9.99. The number of nitrogens with zero attached hydrogens (tertiary/aromatic N) is 1. The first-order chi connectivity index (χ1) is 8.79. The van der Waals surface area contributed by atoms with Gasteiger partial charge >= 0.3 is 6.09 Å². The van der Waals surface area contributed by atoms with Gasteiger partial charge in [-0.2, -0.15) is 0 Å². The molecule has 0 radical (unpaired) electrons. The molecule has 1 aromatic carbocycles. The van der Waals surface area contributed by atoms with Gasteiger partial charge in [-0.15, -0.1) is 0 Å². The average Bonchev–Trinajstić information content (AvgIpc) is 2.46. The third-order valence-electron chi connectivity index (χ3n) is 3.39. The van der Waals surface area contributed by atoms with Crippen molar-refractivity contribution < 1.29 is 15.3 Å². The van der Waals surface area contributed by atoms with E-state index >= 15 is 0 Å². The molecule has 0 bridgehead atoms. The van der Waals surface area contributed by atoms with Gasteiger partial charge in [-0.3, -0.25) is 0 Å². The summed E-state index contributed by atoms with van der Waals surface area (Å²) in [6.45, 7) is 2.84. The third kappa shape index (κ3) is 3.47. The molecular weight excluding hydrogens is 228 g/mol. The van der Waals surface area contributed by atoms with Crippen LogP contribution in [0.5, 0.6) is 0 Å². The SMILES string of the molecule is [NH3+]C[C@@H]1CCCN(C(=O)OCc2ccccc2)C1. The number of hydrogen-bond donors (Lipinski definition) is 1. The Balaban J connectivity index is 1.81. The molecule has 2 rings (SSSR count). The Morgan fingerprint density at radius 3 is 2.89 bits per heavy atom. The minimum atomic E-state index is -0.197. The Morgan fingerprint density at radius 1 is 1.39 bits per heavy atom. The van der Waals surface area contributed by atoms with Gasteiger partial charge in [0.15, 0.2) is 0 Å². The molecule has 1 atom stereocenters. The van der Waals surface area contributed by atoms with Crippen LogP contribution in [0.15, 0.2) is 30.3 Å². The molecule has 4 heteroatoms. The number of hydrogen-bond acceptors (Lipinski definition) is 2. The van der Waals surface area contributed by atoms with E-state index in [0.717, 1.165) is 31.6 Å². The predicted molar refractivity (Wildman–Crippen MR) is 68.7 cm³/mol. The first kappa shape index (κ1) is 12.9. The fourth-order valence-corrected chi connectivity index (χ4v) is 2.28. The number of piperidine rings is 1. The van der Waals surface area contributed by atoms with Crippen LogP contribution < -0.4 is 5.73 Å². The molecule has 1 aliphatic rings. The number of ether oxygens (including phenoxy) is 1. The molecule has 0 unspecified atom stereocenters. The third-order valence-corrected chi connectivity index (χ3v) is 3.39. The van der Waals surface area contributed by atoms with E-state index in [4.69, 9.17) is 4.74 Å². The fourth-order valence-electron chi connectivity index (χ4n) is 2.28. The zero-order valence-electron chi connectivity index (χ0n) is 10.7. The molecule has 1 amide bonds. The smallest absolute Gasteiger partial charge is 0.410 e. The number of likely N-dealkylation sites (tertiary alicyclic amines) is 1. The maximum atomic E-state index is 11.9. The Morgan fingerprint density at radius 2 is 2.17 bits per heavy atom. The van der Waals surface area contributed by atoms with Crippen molar-refractivity contribution >= 4 is 6.09 Å². The molecule has 0 spiro atoms. The first-order valence-electron chi connectivity index (χ1n) is 6.54. The molecule has 1 aliphatic heterocycles. The van der Waals surface area contributed by atoms with E-state index < -0.39 is 0 Å². The zero-order valence-corrected chi connectivity index (χ0v) is 10.7. The van der Waals surface area contributed by atoms with Gasteiger partial charge in [0.2, 0.25) is 0 Å². The van der Waals surface area contributed by atoms with Crippen LogP contribution in [0.4, 0.5) is 4.79 Å². The number of benzene rings is 1. The van der Waals surface area contributed by atoms with Crippen molar-refractivity contribution in [3.63, 3.8) is 0 Å². The van der Waals surface area contributed by atoms with E-state index in [-0.39, 0.29) is 6.09 Å². The Labute approximate surface area is 108 Å². The molecular formula is C14H21N2O2+. The Bertz CT molecular complexity index is 381. The second-order valence-electron chi connectivity index (χ2n) is 4.78. The van der Waals surface area contributed by atoms with Crippen LogP contribution in [0.3, 0.4) is 0 Å². The molecule has 0 aromatic heterocycles. The van der Waals surface area contributed by atoms with Gasteiger partial charge in [0, 0.05) is 19.0 Å². The van der Waals surface area contributed by atoms with Gasteiger partial charge in [0.1, 0.15) is 6.61 Å². The molecule has 98 valence electrons. The Hall–Kier alpha value is -1.55. The van der Waals surface area contributed by atoms with Crippen LogP contribution >= 0.6 is 0 Å². The average molecular weight is 249 g/mol. The van der Waals surface area contributed by atoms with Crippen molar-refractivity contribution in [3.8, 4) is 0 Å². The van der Waals surface area contributed by atoms with Crippen LogP contribution in [0.2, 0.25) is 0 Å². The highest BCUT2D eigenvalue weighted by Gasteiger charge is 2.24. The normalized spacial score (nSPS) is 19.6. The van der Waals surface area contributed by atoms with Crippen LogP contribution in [0.25, 0.3) is 0 Å². The first-order valence-corrected chi connectivity index (χ1v) is 6.54. The van der Waals surface area contributed by atoms with Crippen molar-refractivity contribution in [3.05, 3.63) is 35.9 Å². The zero-order chi connectivity index (χ0) is 12.8. The fraction of sp³-hybridized carbons (Fsp3) is 0.500. The van der Waals surface area contributed by atoms with Crippen molar-refractivity contribution in [2.45, 2.75) is 19.4 Å². The minimum Gasteiger partial charge on any atom is -0.445 e. The molecule has 1 fully saturated rings. The van der Waals surface area contributed by atoms with Crippen molar-refractivity contribution in [1.29, 1.82) is 0 Å². The lowest BCUT2D eigenvalue weighted by Gasteiger charge is -2.30. The topological polar surface area (TPSA) is 57.2 Å². The van der Waals surface area contributed by atoms with E-state index in [1.165, 1.54) is 6.42 Å². The highest BCUT2D eigenvalue weighted by molar-refractivity contribution is 5.67. The largest absolute Gasteiger partial charge is 0.445 e. The van der Waals surface area contributed by atoms with E-state index in [0.29, 0.717) is 12.5 Å². The van der Waals surface area contributed by atoms with Crippen molar-refractivity contribution in [1.82, 2.24) is 4.90 Å². The van der Waals surface area contributed by atoms with E-state index in [9.17, 15) is 4.79 Å².